The lowest BCUT2D eigenvalue weighted by molar-refractivity contribution is -0.137. The van der Waals surface area contributed by atoms with Gasteiger partial charge in [0, 0.05) is 6.92 Å². The van der Waals surface area contributed by atoms with Crippen molar-refractivity contribution in [3.63, 3.8) is 0 Å². The van der Waals surface area contributed by atoms with Crippen molar-refractivity contribution in [2.45, 2.75) is 6.92 Å². The summed E-state index contributed by atoms with van der Waals surface area (Å²) in [5.41, 5.74) is 0. The second-order valence-corrected chi connectivity index (χ2v) is 0.696. The Balaban J connectivity index is 0. The molecule has 0 aliphatic carbocycles. The van der Waals surface area contributed by atoms with Crippen LogP contribution in [0.15, 0.2) is 0 Å². The molecule has 0 fully saturated rings. The first kappa shape index (κ1) is 10.2. The summed E-state index contributed by atoms with van der Waals surface area (Å²) in [5, 5.41) is 0. The van der Waals surface area contributed by atoms with Crippen LogP contribution in [0.3, 0.4) is 0 Å². The summed E-state index contributed by atoms with van der Waals surface area (Å²) >= 11 is 2.15. The molecule has 0 spiro atoms. The molecule has 0 aliphatic rings. The van der Waals surface area contributed by atoms with Gasteiger partial charge in [0.05, 0.1) is 7.11 Å². The maximum absolute atomic E-state index is 9.59. The van der Waals surface area contributed by atoms with E-state index in [4.69, 9.17) is 0 Å². The van der Waals surface area contributed by atoms with E-state index in [1.165, 1.54) is 14.0 Å². The highest BCUT2D eigenvalue weighted by Crippen LogP contribution is 1.60. The van der Waals surface area contributed by atoms with E-state index < -0.39 is 0 Å². The maximum Gasteiger partial charge on any atom is 0.302 e. The summed E-state index contributed by atoms with van der Waals surface area (Å²) in [6.45, 7) is 1.36. The number of alkyl halides is 1. The van der Waals surface area contributed by atoms with Crippen LogP contribution in [-0.4, -0.2) is 18.0 Å². The molecule has 0 amide bonds. The average Bonchev–Trinajstić information content (AvgIpc) is 1.73. The smallest absolute Gasteiger partial charge is 0.302 e. The fraction of sp³-hybridized carbons (Fsp3) is 0.750. The lowest BCUT2D eigenvalue weighted by atomic mass is 10.8. The van der Waals surface area contributed by atoms with Crippen LogP contribution in [0.1, 0.15) is 6.92 Å². The second kappa shape index (κ2) is 9.50. The SMILES string of the molecule is CI.COC(C)=O. The summed E-state index contributed by atoms with van der Waals surface area (Å²) < 4.78 is 4.11. The first-order valence-electron chi connectivity index (χ1n) is 1.69. The van der Waals surface area contributed by atoms with E-state index in [0.717, 1.165) is 0 Å². The summed E-state index contributed by atoms with van der Waals surface area (Å²) in [6, 6.07) is 0. The number of hydrogen-bond acceptors (Lipinski definition) is 2. The first-order chi connectivity index (χ1) is 3.27. The van der Waals surface area contributed by atoms with E-state index in [2.05, 4.69) is 27.3 Å². The van der Waals surface area contributed by atoms with Gasteiger partial charge in [-0.3, -0.25) is 4.79 Å². The van der Waals surface area contributed by atoms with Gasteiger partial charge in [-0.15, -0.1) is 0 Å². The molecule has 0 atom stereocenters. The second-order valence-electron chi connectivity index (χ2n) is 0.696. The Morgan fingerprint density at radius 3 is 1.71 bits per heavy atom. The molecule has 0 saturated heterocycles. The minimum atomic E-state index is -0.245. The zero-order chi connectivity index (χ0) is 6.28. The molecule has 0 radical (unpaired) electrons. The third-order valence-electron chi connectivity index (χ3n) is 0.287. The van der Waals surface area contributed by atoms with Crippen molar-refractivity contribution in [2.75, 3.05) is 12.0 Å². The van der Waals surface area contributed by atoms with Crippen molar-refractivity contribution in [2.24, 2.45) is 0 Å². The van der Waals surface area contributed by atoms with Crippen LogP contribution in [0.25, 0.3) is 0 Å². The third kappa shape index (κ3) is 22.6. The molecule has 0 saturated carbocycles. The van der Waals surface area contributed by atoms with Crippen molar-refractivity contribution >= 4 is 28.6 Å². The van der Waals surface area contributed by atoms with Crippen LogP contribution in [-0.2, 0) is 9.53 Å². The van der Waals surface area contributed by atoms with Gasteiger partial charge in [0.1, 0.15) is 0 Å². The Labute approximate surface area is 57.4 Å². The predicted octanol–water partition coefficient (Wildman–Crippen LogP) is 1.23. The quantitative estimate of drug-likeness (QED) is 0.346. The molecule has 0 rings (SSSR count). The molecular formula is C4H9IO2. The molecule has 0 unspecified atom stereocenters. The summed E-state index contributed by atoms with van der Waals surface area (Å²) in [6.07, 6.45) is 0. The van der Waals surface area contributed by atoms with Gasteiger partial charge < -0.3 is 4.74 Å². The Bertz CT molecular complexity index is 45.0. The van der Waals surface area contributed by atoms with E-state index >= 15 is 0 Å². The molecule has 0 aliphatic heterocycles. The third-order valence-corrected chi connectivity index (χ3v) is 0.287. The van der Waals surface area contributed by atoms with Gasteiger partial charge in [0.2, 0.25) is 0 Å². The van der Waals surface area contributed by atoms with Crippen LogP contribution in [0.2, 0.25) is 0 Å². The molecule has 0 aromatic heterocycles. The Hall–Kier alpha value is 0.200. The molecular weight excluding hydrogens is 207 g/mol. The topological polar surface area (TPSA) is 26.3 Å². The molecule has 44 valence electrons. The normalized spacial score (nSPS) is 5.71. The van der Waals surface area contributed by atoms with E-state index in [1.807, 2.05) is 4.93 Å². The highest BCUT2D eigenvalue weighted by Gasteiger charge is 1.75. The monoisotopic (exact) mass is 216 g/mol. The molecule has 2 nitrogen and oxygen atoms in total. The van der Waals surface area contributed by atoms with Crippen molar-refractivity contribution < 1.29 is 9.53 Å². The zero-order valence-corrected chi connectivity index (χ0v) is 6.85. The minimum absolute atomic E-state index is 0.245. The van der Waals surface area contributed by atoms with Crippen LogP contribution in [0.4, 0.5) is 0 Å². The number of esters is 1. The lowest BCUT2D eigenvalue weighted by Crippen LogP contribution is -1.88. The minimum Gasteiger partial charge on any atom is -0.469 e. The number of carbonyl (C=O) groups is 1. The standard InChI is InChI=1S/C3H6O2.CH3I/c1-3(4)5-2;1-2/h1-2H3;1H3. The van der Waals surface area contributed by atoms with Crippen molar-refractivity contribution in [3.8, 4) is 0 Å². The molecule has 7 heavy (non-hydrogen) atoms. The van der Waals surface area contributed by atoms with Gasteiger partial charge >= 0.3 is 5.97 Å². The van der Waals surface area contributed by atoms with Crippen molar-refractivity contribution in [1.82, 2.24) is 0 Å². The molecule has 0 heterocycles. The van der Waals surface area contributed by atoms with Gasteiger partial charge in [-0.05, 0) is 4.93 Å². The van der Waals surface area contributed by atoms with Gasteiger partial charge in [0.25, 0.3) is 0 Å². The van der Waals surface area contributed by atoms with E-state index in [1.54, 1.807) is 0 Å². The Morgan fingerprint density at radius 2 is 1.71 bits per heavy atom. The number of carbonyl (C=O) groups excluding carboxylic acids is 1. The van der Waals surface area contributed by atoms with Gasteiger partial charge in [0.15, 0.2) is 0 Å². The van der Waals surface area contributed by atoms with Crippen LogP contribution in [0.5, 0.6) is 0 Å². The number of methoxy groups -OCH3 is 1. The molecule has 0 bridgehead atoms. The predicted molar refractivity (Wildman–Crippen MR) is 37.6 cm³/mol. The number of ether oxygens (including phenoxy) is 1. The largest absolute Gasteiger partial charge is 0.469 e. The lowest BCUT2D eigenvalue weighted by Gasteiger charge is -1.80. The number of rotatable bonds is 0. The number of hydrogen-bond donors (Lipinski definition) is 0. The van der Waals surface area contributed by atoms with Crippen LogP contribution in [0, 0.1) is 0 Å². The fourth-order valence-corrected chi connectivity index (χ4v) is 0. The van der Waals surface area contributed by atoms with Gasteiger partial charge in [-0.25, -0.2) is 0 Å². The Kier molecular flexibility index (Phi) is 13.9. The zero-order valence-electron chi connectivity index (χ0n) is 4.69. The molecule has 3 heteroatoms. The first-order valence-corrected chi connectivity index (χ1v) is 3.85. The molecule has 0 N–H and O–H groups in total. The van der Waals surface area contributed by atoms with Crippen molar-refractivity contribution in [1.29, 1.82) is 0 Å². The van der Waals surface area contributed by atoms with E-state index in [0.29, 0.717) is 0 Å². The molecule has 0 aromatic carbocycles. The van der Waals surface area contributed by atoms with Crippen LogP contribution >= 0.6 is 22.6 Å². The highest BCUT2D eigenvalue weighted by atomic mass is 127. The van der Waals surface area contributed by atoms with Gasteiger partial charge in [-0.2, -0.15) is 0 Å². The van der Waals surface area contributed by atoms with E-state index in [9.17, 15) is 4.79 Å². The Morgan fingerprint density at radius 1 is 1.57 bits per heavy atom. The summed E-state index contributed by atoms with van der Waals surface area (Å²) in [7, 11) is 1.35. The average molecular weight is 216 g/mol. The van der Waals surface area contributed by atoms with Crippen molar-refractivity contribution in [3.05, 3.63) is 0 Å². The summed E-state index contributed by atoms with van der Waals surface area (Å²) in [5.74, 6) is -0.245. The van der Waals surface area contributed by atoms with Gasteiger partial charge in [-0.1, -0.05) is 22.6 Å². The van der Waals surface area contributed by atoms with Crippen LogP contribution < -0.4 is 0 Å². The fourth-order valence-electron chi connectivity index (χ4n) is 0. The number of halogens is 1. The maximum atomic E-state index is 9.59. The summed E-state index contributed by atoms with van der Waals surface area (Å²) in [4.78, 5) is 11.6. The highest BCUT2D eigenvalue weighted by molar-refractivity contribution is 14.1. The van der Waals surface area contributed by atoms with E-state index in [-0.39, 0.29) is 5.97 Å². The molecule has 0 aromatic rings.